The van der Waals surface area contributed by atoms with Gasteiger partial charge in [0.1, 0.15) is 5.82 Å². The van der Waals surface area contributed by atoms with E-state index in [2.05, 4.69) is 4.72 Å². The number of anilines is 1. The molecule has 1 saturated carbocycles. The van der Waals surface area contributed by atoms with Crippen LogP contribution in [0.25, 0.3) is 0 Å². The molecule has 0 aromatic heterocycles. The first kappa shape index (κ1) is 20.0. The minimum Gasteiger partial charge on any atom is -0.396 e. The first-order valence-corrected chi connectivity index (χ1v) is 10.7. The van der Waals surface area contributed by atoms with Gasteiger partial charge in [-0.2, -0.15) is 0 Å². The second-order valence-electron chi connectivity index (χ2n) is 8.47. The molecule has 3 N–H and O–H groups in total. The first-order chi connectivity index (χ1) is 12.7. The van der Waals surface area contributed by atoms with Gasteiger partial charge in [-0.15, -0.1) is 0 Å². The summed E-state index contributed by atoms with van der Waals surface area (Å²) in [6.07, 6.45) is 4.31. The lowest BCUT2D eigenvalue weighted by atomic mass is 9.79. The molecular formula is C22H29FN2OS. The van der Waals surface area contributed by atoms with E-state index in [4.69, 9.17) is 5.73 Å². The largest absolute Gasteiger partial charge is 0.396 e. The second-order valence-corrected chi connectivity index (χ2v) is 10.4. The Balaban J connectivity index is 2.13. The zero-order valence-corrected chi connectivity index (χ0v) is 17.1. The molecule has 0 saturated heterocycles. The van der Waals surface area contributed by atoms with Crippen molar-refractivity contribution in [1.29, 1.82) is 0 Å². The summed E-state index contributed by atoms with van der Waals surface area (Å²) in [4.78, 5) is 0. The van der Waals surface area contributed by atoms with Crippen molar-refractivity contribution < 1.29 is 8.60 Å². The van der Waals surface area contributed by atoms with Gasteiger partial charge >= 0.3 is 0 Å². The fourth-order valence-electron chi connectivity index (χ4n) is 3.29. The number of nitrogen functional groups attached to an aromatic ring is 1. The van der Waals surface area contributed by atoms with Gasteiger partial charge in [-0.05, 0) is 62.8 Å². The molecule has 146 valence electrons. The van der Waals surface area contributed by atoms with E-state index in [9.17, 15) is 8.60 Å². The third kappa shape index (κ3) is 4.58. The van der Waals surface area contributed by atoms with Crippen LogP contribution in [0.2, 0.25) is 0 Å². The molecule has 1 fully saturated rings. The number of hydrogen-bond donors (Lipinski definition) is 2. The number of hydrogen-bond acceptors (Lipinski definition) is 2. The molecule has 2 aromatic carbocycles. The summed E-state index contributed by atoms with van der Waals surface area (Å²) < 4.78 is 30.0. The maximum Gasteiger partial charge on any atom is 0.146 e. The highest BCUT2D eigenvalue weighted by Crippen LogP contribution is 2.42. The van der Waals surface area contributed by atoms with Crippen LogP contribution in [0, 0.1) is 11.7 Å². The van der Waals surface area contributed by atoms with Gasteiger partial charge in [0.15, 0.2) is 0 Å². The van der Waals surface area contributed by atoms with Gasteiger partial charge in [0, 0.05) is 0 Å². The highest BCUT2D eigenvalue weighted by atomic mass is 32.2. The van der Waals surface area contributed by atoms with Crippen LogP contribution in [0.5, 0.6) is 0 Å². The average molecular weight is 389 g/mol. The van der Waals surface area contributed by atoms with E-state index in [1.165, 1.54) is 18.9 Å². The normalized spacial score (nSPS) is 18.1. The van der Waals surface area contributed by atoms with Crippen molar-refractivity contribution in [2.75, 3.05) is 5.73 Å². The molecule has 5 heteroatoms. The molecule has 0 spiro atoms. The summed E-state index contributed by atoms with van der Waals surface area (Å²) in [6.45, 7) is 5.85. The number of halogens is 1. The zero-order chi connectivity index (χ0) is 19.7. The lowest BCUT2D eigenvalue weighted by Crippen LogP contribution is -2.49. The van der Waals surface area contributed by atoms with Crippen LogP contribution in [0.15, 0.2) is 48.5 Å². The molecule has 0 bridgehead atoms. The lowest BCUT2D eigenvalue weighted by molar-refractivity contribution is 0.415. The Morgan fingerprint density at radius 1 is 1.11 bits per heavy atom. The lowest BCUT2D eigenvalue weighted by Gasteiger charge is -2.38. The van der Waals surface area contributed by atoms with Gasteiger partial charge in [-0.3, -0.25) is 0 Å². The van der Waals surface area contributed by atoms with Crippen molar-refractivity contribution in [1.82, 2.24) is 4.72 Å². The van der Waals surface area contributed by atoms with Gasteiger partial charge in [0.25, 0.3) is 0 Å². The molecule has 2 atom stereocenters. The summed E-state index contributed by atoms with van der Waals surface area (Å²) in [5.41, 5.74) is 7.21. The molecule has 2 unspecified atom stereocenters. The Morgan fingerprint density at radius 3 is 2.33 bits per heavy atom. The summed E-state index contributed by atoms with van der Waals surface area (Å²) >= 11 is 0. The maximum absolute atomic E-state index is 13.9. The summed E-state index contributed by atoms with van der Waals surface area (Å²) in [7, 11) is -1.30. The molecule has 27 heavy (non-hydrogen) atoms. The monoisotopic (exact) mass is 388 g/mol. The van der Waals surface area contributed by atoms with Gasteiger partial charge < -0.3 is 5.73 Å². The SMILES string of the molecule is CC(C)(C)S(=O)NC(CCC1CC1)(c1ccccc1)c1ccc(F)c(N)c1. The van der Waals surface area contributed by atoms with Crippen LogP contribution in [-0.4, -0.2) is 8.96 Å². The van der Waals surface area contributed by atoms with Crippen LogP contribution in [0.4, 0.5) is 10.1 Å². The summed E-state index contributed by atoms with van der Waals surface area (Å²) in [5, 5.41) is 0. The van der Waals surface area contributed by atoms with Crippen molar-refractivity contribution in [2.24, 2.45) is 5.92 Å². The number of nitrogens with two attached hydrogens (primary N) is 1. The highest BCUT2D eigenvalue weighted by molar-refractivity contribution is 7.84. The standard InChI is InChI=1S/C22H29FN2OS/c1-21(2,3)27(26)25-22(14-13-16-9-10-16,17-7-5-4-6-8-17)18-11-12-19(23)20(24)15-18/h4-8,11-12,15-16,25H,9-10,13-14,24H2,1-3H3. The van der Waals surface area contributed by atoms with Crippen molar-refractivity contribution in [3.8, 4) is 0 Å². The highest BCUT2D eigenvalue weighted by Gasteiger charge is 2.39. The molecule has 0 heterocycles. The van der Waals surface area contributed by atoms with Crippen LogP contribution in [0.1, 0.15) is 57.6 Å². The number of nitrogens with one attached hydrogen (secondary N) is 1. The second kappa shape index (κ2) is 7.72. The molecular weight excluding hydrogens is 359 g/mol. The van der Waals surface area contributed by atoms with Crippen molar-refractivity contribution in [3.63, 3.8) is 0 Å². The van der Waals surface area contributed by atoms with Crippen molar-refractivity contribution in [2.45, 2.75) is 56.7 Å². The third-order valence-corrected chi connectivity index (χ3v) is 6.85. The van der Waals surface area contributed by atoms with E-state index in [1.54, 1.807) is 12.1 Å². The van der Waals surface area contributed by atoms with Crippen LogP contribution < -0.4 is 10.5 Å². The summed E-state index contributed by atoms with van der Waals surface area (Å²) in [6, 6.07) is 14.9. The Kier molecular flexibility index (Phi) is 5.73. The summed E-state index contributed by atoms with van der Waals surface area (Å²) in [5.74, 6) is 0.288. The maximum atomic E-state index is 13.9. The van der Waals surface area contributed by atoms with Crippen LogP contribution >= 0.6 is 0 Å². The van der Waals surface area contributed by atoms with Gasteiger partial charge in [0.2, 0.25) is 0 Å². The number of rotatable bonds is 7. The fourth-order valence-corrected chi connectivity index (χ4v) is 4.26. The smallest absolute Gasteiger partial charge is 0.146 e. The fraction of sp³-hybridized carbons (Fsp3) is 0.455. The van der Waals surface area contributed by atoms with Crippen molar-refractivity contribution in [3.05, 3.63) is 65.5 Å². The van der Waals surface area contributed by atoms with E-state index in [1.807, 2.05) is 51.1 Å². The first-order valence-electron chi connectivity index (χ1n) is 9.53. The molecule has 1 aliphatic rings. The molecule has 2 aromatic rings. The molecule has 0 radical (unpaired) electrons. The third-order valence-electron chi connectivity index (χ3n) is 5.20. The Morgan fingerprint density at radius 2 is 1.78 bits per heavy atom. The zero-order valence-electron chi connectivity index (χ0n) is 16.3. The van der Waals surface area contributed by atoms with Gasteiger partial charge in [0.05, 0.1) is 27.0 Å². The van der Waals surface area contributed by atoms with E-state index < -0.39 is 27.1 Å². The van der Waals surface area contributed by atoms with Gasteiger partial charge in [-0.25, -0.2) is 13.3 Å². The Labute approximate surface area is 164 Å². The quantitative estimate of drug-likeness (QED) is 0.663. The molecule has 0 amide bonds. The van der Waals surface area contributed by atoms with Crippen LogP contribution in [-0.2, 0) is 16.5 Å². The molecule has 1 aliphatic carbocycles. The Bertz CT molecular complexity index is 815. The van der Waals surface area contributed by atoms with E-state index in [0.29, 0.717) is 0 Å². The molecule has 3 nitrogen and oxygen atoms in total. The van der Waals surface area contributed by atoms with Crippen LogP contribution in [0.3, 0.4) is 0 Å². The van der Waals surface area contributed by atoms with Crippen molar-refractivity contribution >= 4 is 16.7 Å². The molecule has 3 rings (SSSR count). The van der Waals surface area contributed by atoms with Gasteiger partial charge in [-0.1, -0.05) is 49.2 Å². The predicted molar refractivity (Wildman–Crippen MR) is 111 cm³/mol. The minimum absolute atomic E-state index is 0.113. The van der Waals surface area contributed by atoms with E-state index in [0.717, 1.165) is 29.9 Å². The van der Waals surface area contributed by atoms with E-state index >= 15 is 0 Å². The average Bonchev–Trinajstić information content (AvgIpc) is 3.45. The topological polar surface area (TPSA) is 55.1 Å². The minimum atomic E-state index is -1.30. The van der Waals surface area contributed by atoms with E-state index in [-0.39, 0.29) is 5.69 Å². The molecule has 0 aliphatic heterocycles. The Hall–Kier alpha value is -1.72. The predicted octanol–water partition coefficient (Wildman–Crippen LogP) is 4.89. The number of benzene rings is 2.